The second-order valence-corrected chi connectivity index (χ2v) is 5.75. The Balaban J connectivity index is 1.74. The molecule has 2 N–H and O–H groups in total. The van der Waals surface area contributed by atoms with Gasteiger partial charge in [-0.05, 0) is 18.4 Å². The summed E-state index contributed by atoms with van der Waals surface area (Å²) in [6, 6.07) is 4.43. The van der Waals surface area contributed by atoms with Gasteiger partial charge in [0, 0.05) is 39.0 Å². The lowest BCUT2D eigenvalue weighted by Gasteiger charge is -2.24. The van der Waals surface area contributed by atoms with E-state index in [-0.39, 0.29) is 0 Å². The van der Waals surface area contributed by atoms with Crippen LogP contribution in [0.2, 0.25) is 0 Å². The smallest absolute Gasteiger partial charge is 0.213 e. The van der Waals surface area contributed by atoms with Crippen LogP contribution >= 0.6 is 0 Å². The Morgan fingerprint density at radius 1 is 1.26 bits per heavy atom. The van der Waals surface area contributed by atoms with Crippen LogP contribution in [0.15, 0.2) is 23.3 Å². The van der Waals surface area contributed by atoms with Crippen LogP contribution in [0.1, 0.15) is 37.7 Å². The molecule has 1 aromatic heterocycles. The number of methoxy groups -OCH3 is 1. The molecule has 0 unspecified atom stereocenters. The minimum atomic E-state index is 0.513. The van der Waals surface area contributed by atoms with Crippen molar-refractivity contribution in [3.05, 3.63) is 23.9 Å². The first kappa shape index (κ1) is 17.5. The lowest BCUT2D eigenvalue weighted by molar-refractivity contribution is 0.143. The molecule has 1 aromatic rings. The first-order valence-electron chi connectivity index (χ1n) is 8.35. The molecule has 0 aliphatic heterocycles. The number of aliphatic imine (C=N–C) groups is 1. The maximum atomic E-state index is 5.46. The minimum Gasteiger partial charge on any atom is -0.475 e. The monoisotopic (exact) mass is 320 g/mol. The van der Waals surface area contributed by atoms with Crippen molar-refractivity contribution < 1.29 is 9.47 Å². The van der Waals surface area contributed by atoms with E-state index in [0.29, 0.717) is 31.7 Å². The molecule has 6 heteroatoms. The lowest BCUT2D eigenvalue weighted by Crippen LogP contribution is -2.43. The zero-order chi connectivity index (χ0) is 16.3. The highest BCUT2D eigenvalue weighted by Gasteiger charge is 2.14. The number of pyridine rings is 1. The van der Waals surface area contributed by atoms with Crippen molar-refractivity contribution >= 4 is 5.96 Å². The standard InChI is InChI=1S/C17H28N4O2/c1-18-17(21-15-6-4-3-5-7-15)20-13-14-8-9-16(19-12-14)23-11-10-22-2/h8-9,12,15H,3-7,10-11,13H2,1-2H3,(H2,18,20,21). The van der Waals surface area contributed by atoms with E-state index in [0.717, 1.165) is 11.5 Å². The van der Waals surface area contributed by atoms with Gasteiger partial charge in [0.25, 0.3) is 0 Å². The SMILES string of the molecule is CN=C(NCc1ccc(OCCOC)nc1)NC1CCCCC1. The van der Waals surface area contributed by atoms with Gasteiger partial charge in [-0.15, -0.1) is 0 Å². The van der Waals surface area contributed by atoms with Gasteiger partial charge in [0.15, 0.2) is 5.96 Å². The molecule has 1 saturated carbocycles. The molecule has 0 spiro atoms. The van der Waals surface area contributed by atoms with E-state index in [1.165, 1.54) is 32.1 Å². The quantitative estimate of drug-likeness (QED) is 0.457. The van der Waals surface area contributed by atoms with Crippen LogP contribution in [-0.2, 0) is 11.3 Å². The van der Waals surface area contributed by atoms with Crippen molar-refractivity contribution in [2.24, 2.45) is 4.99 Å². The summed E-state index contributed by atoms with van der Waals surface area (Å²) in [4.78, 5) is 8.59. The summed E-state index contributed by atoms with van der Waals surface area (Å²) in [5, 5.41) is 6.84. The summed E-state index contributed by atoms with van der Waals surface area (Å²) in [5.74, 6) is 1.48. The van der Waals surface area contributed by atoms with Gasteiger partial charge in [-0.2, -0.15) is 0 Å². The van der Waals surface area contributed by atoms with Gasteiger partial charge >= 0.3 is 0 Å². The number of hydrogen-bond donors (Lipinski definition) is 2. The van der Waals surface area contributed by atoms with Crippen LogP contribution < -0.4 is 15.4 Å². The molecular weight excluding hydrogens is 292 g/mol. The fraction of sp³-hybridized carbons (Fsp3) is 0.647. The normalized spacial score (nSPS) is 16.2. The lowest BCUT2D eigenvalue weighted by atomic mass is 9.96. The Hall–Kier alpha value is -1.82. The second kappa shape index (κ2) is 10.0. The molecule has 1 aliphatic rings. The second-order valence-electron chi connectivity index (χ2n) is 5.75. The third-order valence-corrected chi connectivity index (χ3v) is 3.96. The number of aromatic nitrogens is 1. The highest BCUT2D eigenvalue weighted by Crippen LogP contribution is 2.17. The van der Waals surface area contributed by atoms with Crippen LogP contribution in [0.3, 0.4) is 0 Å². The Morgan fingerprint density at radius 2 is 2.09 bits per heavy atom. The highest BCUT2D eigenvalue weighted by atomic mass is 16.5. The van der Waals surface area contributed by atoms with Crippen molar-refractivity contribution in [2.45, 2.75) is 44.7 Å². The van der Waals surface area contributed by atoms with Crippen molar-refractivity contribution in [3.8, 4) is 5.88 Å². The van der Waals surface area contributed by atoms with Gasteiger partial charge in [0.2, 0.25) is 5.88 Å². The molecule has 0 radical (unpaired) electrons. The summed E-state index contributed by atoms with van der Waals surface area (Å²) >= 11 is 0. The van der Waals surface area contributed by atoms with Crippen molar-refractivity contribution in [2.75, 3.05) is 27.4 Å². The van der Waals surface area contributed by atoms with Crippen LogP contribution in [0.25, 0.3) is 0 Å². The van der Waals surface area contributed by atoms with Crippen molar-refractivity contribution in [1.29, 1.82) is 0 Å². The highest BCUT2D eigenvalue weighted by molar-refractivity contribution is 5.79. The van der Waals surface area contributed by atoms with Crippen LogP contribution in [0.4, 0.5) is 0 Å². The van der Waals surface area contributed by atoms with Crippen molar-refractivity contribution in [1.82, 2.24) is 15.6 Å². The molecule has 0 bridgehead atoms. The Bertz CT molecular complexity index is 470. The molecule has 0 saturated heterocycles. The molecule has 0 atom stereocenters. The van der Waals surface area contributed by atoms with Crippen LogP contribution in [0.5, 0.6) is 5.88 Å². The molecule has 23 heavy (non-hydrogen) atoms. The number of ether oxygens (including phenoxy) is 2. The fourth-order valence-corrected chi connectivity index (χ4v) is 2.65. The maximum absolute atomic E-state index is 5.46. The van der Waals surface area contributed by atoms with Gasteiger partial charge in [-0.25, -0.2) is 4.98 Å². The first-order valence-corrected chi connectivity index (χ1v) is 8.35. The van der Waals surface area contributed by atoms with Gasteiger partial charge in [0.1, 0.15) is 6.61 Å². The largest absolute Gasteiger partial charge is 0.475 e. The molecule has 0 amide bonds. The van der Waals surface area contributed by atoms with E-state index in [1.54, 1.807) is 7.11 Å². The fourth-order valence-electron chi connectivity index (χ4n) is 2.65. The Morgan fingerprint density at radius 3 is 2.74 bits per heavy atom. The molecule has 128 valence electrons. The van der Waals surface area contributed by atoms with Gasteiger partial charge < -0.3 is 20.1 Å². The summed E-state index contributed by atoms with van der Waals surface area (Å²) in [7, 11) is 3.46. The molecule has 0 aromatic carbocycles. The van der Waals surface area contributed by atoms with Crippen LogP contribution in [0, 0.1) is 0 Å². The average Bonchev–Trinajstić information content (AvgIpc) is 2.61. The molecule has 2 rings (SSSR count). The molecule has 1 aliphatic carbocycles. The maximum Gasteiger partial charge on any atom is 0.213 e. The molecule has 1 heterocycles. The number of nitrogens with zero attached hydrogens (tertiary/aromatic N) is 2. The average molecular weight is 320 g/mol. The van der Waals surface area contributed by atoms with Gasteiger partial charge in [-0.1, -0.05) is 25.3 Å². The first-order chi connectivity index (χ1) is 11.3. The predicted octanol–water partition coefficient (Wildman–Crippen LogP) is 2.10. The number of hydrogen-bond acceptors (Lipinski definition) is 4. The Kier molecular flexibility index (Phi) is 7.66. The van der Waals surface area contributed by atoms with Gasteiger partial charge in [0.05, 0.1) is 6.61 Å². The summed E-state index contributed by atoms with van der Waals surface area (Å²) in [5.41, 5.74) is 1.09. The summed E-state index contributed by atoms with van der Waals surface area (Å²) < 4.78 is 10.4. The van der Waals surface area contributed by atoms with E-state index >= 15 is 0 Å². The summed E-state index contributed by atoms with van der Waals surface area (Å²) in [6.07, 6.45) is 8.26. The third kappa shape index (κ3) is 6.44. The van der Waals surface area contributed by atoms with E-state index in [1.807, 2.05) is 25.4 Å². The van der Waals surface area contributed by atoms with E-state index in [2.05, 4.69) is 20.6 Å². The molecule has 1 fully saturated rings. The van der Waals surface area contributed by atoms with Gasteiger partial charge in [-0.3, -0.25) is 4.99 Å². The Labute approximate surface area is 138 Å². The number of guanidine groups is 1. The predicted molar refractivity (Wildman–Crippen MR) is 91.8 cm³/mol. The minimum absolute atomic E-state index is 0.513. The number of rotatable bonds is 7. The zero-order valence-corrected chi connectivity index (χ0v) is 14.2. The summed E-state index contributed by atoms with van der Waals surface area (Å²) in [6.45, 7) is 1.77. The molecular formula is C17H28N4O2. The van der Waals surface area contributed by atoms with Crippen LogP contribution in [-0.4, -0.2) is 44.4 Å². The van der Waals surface area contributed by atoms with E-state index < -0.39 is 0 Å². The molecule has 6 nitrogen and oxygen atoms in total. The zero-order valence-electron chi connectivity index (χ0n) is 14.2. The topological polar surface area (TPSA) is 67.8 Å². The van der Waals surface area contributed by atoms with Crippen molar-refractivity contribution in [3.63, 3.8) is 0 Å². The van der Waals surface area contributed by atoms with E-state index in [9.17, 15) is 0 Å². The third-order valence-electron chi connectivity index (χ3n) is 3.96. The van der Waals surface area contributed by atoms with E-state index in [4.69, 9.17) is 9.47 Å². The number of nitrogens with one attached hydrogen (secondary N) is 2.